The number of pyridine rings is 1. The van der Waals surface area contributed by atoms with E-state index in [1.807, 2.05) is 30.5 Å². The van der Waals surface area contributed by atoms with Crippen LogP contribution in [0, 0.1) is 5.92 Å². The summed E-state index contributed by atoms with van der Waals surface area (Å²) in [5, 5.41) is 3.42. The normalized spacial score (nSPS) is 18.6. The molecule has 5 nitrogen and oxygen atoms in total. The lowest BCUT2D eigenvalue weighted by molar-refractivity contribution is 0.481. The monoisotopic (exact) mass is 282 g/mol. The lowest BCUT2D eigenvalue weighted by Gasteiger charge is -2.10. The number of furan rings is 1. The Morgan fingerprint density at radius 2 is 2.33 bits per heavy atom. The van der Waals surface area contributed by atoms with Gasteiger partial charge in [-0.25, -0.2) is 9.97 Å². The third kappa shape index (κ3) is 2.45. The number of imidazole rings is 1. The standard InChI is InChI=1S/C16H18N4O/c1-4-14-16(18-6-1)20(11-13-3-2-8-21-13)15(19-14)9-12-5-7-17-10-12/h1-4,6,8,12,17H,5,7,9-11H2. The Morgan fingerprint density at radius 1 is 1.33 bits per heavy atom. The van der Waals surface area contributed by atoms with Crippen molar-refractivity contribution >= 4 is 11.2 Å². The molecule has 1 aliphatic rings. The molecule has 5 heteroatoms. The minimum Gasteiger partial charge on any atom is -0.467 e. The van der Waals surface area contributed by atoms with Crippen molar-refractivity contribution in [2.75, 3.05) is 13.1 Å². The number of rotatable bonds is 4. The molecule has 1 aliphatic heterocycles. The van der Waals surface area contributed by atoms with Gasteiger partial charge in [-0.05, 0) is 49.7 Å². The first-order valence-electron chi connectivity index (χ1n) is 7.43. The Hall–Kier alpha value is -2.14. The molecule has 21 heavy (non-hydrogen) atoms. The molecule has 0 amide bonds. The lowest BCUT2D eigenvalue weighted by Crippen LogP contribution is -2.14. The molecular weight excluding hydrogens is 264 g/mol. The second kappa shape index (κ2) is 5.33. The molecule has 4 heterocycles. The van der Waals surface area contributed by atoms with Gasteiger partial charge in [-0.15, -0.1) is 0 Å². The van der Waals surface area contributed by atoms with Crippen LogP contribution in [-0.4, -0.2) is 27.6 Å². The molecule has 1 atom stereocenters. The van der Waals surface area contributed by atoms with Gasteiger partial charge in [-0.2, -0.15) is 0 Å². The molecule has 0 aliphatic carbocycles. The Bertz CT molecular complexity index is 726. The third-order valence-corrected chi connectivity index (χ3v) is 4.11. The smallest absolute Gasteiger partial charge is 0.160 e. The molecule has 1 fully saturated rings. The van der Waals surface area contributed by atoms with Crippen molar-refractivity contribution in [3.63, 3.8) is 0 Å². The first-order valence-corrected chi connectivity index (χ1v) is 7.43. The number of hydrogen-bond donors (Lipinski definition) is 1. The van der Waals surface area contributed by atoms with E-state index < -0.39 is 0 Å². The van der Waals surface area contributed by atoms with E-state index in [1.54, 1.807) is 6.26 Å². The highest BCUT2D eigenvalue weighted by Crippen LogP contribution is 2.20. The first kappa shape index (κ1) is 12.6. The maximum Gasteiger partial charge on any atom is 0.160 e. The van der Waals surface area contributed by atoms with Gasteiger partial charge in [0.05, 0.1) is 12.8 Å². The van der Waals surface area contributed by atoms with Crippen LogP contribution in [0.5, 0.6) is 0 Å². The van der Waals surface area contributed by atoms with Crippen LogP contribution in [0.1, 0.15) is 18.0 Å². The van der Waals surface area contributed by atoms with Gasteiger partial charge in [0.1, 0.15) is 17.1 Å². The molecule has 1 saturated heterocycles. The molecule has 0 aromatic carbocycles. The summed E-state index contributed by atoms with van der Waals surface area (Å²) in [6.45, 7) is 2.88. The summed E-state index contributed by atoms with van der Waals surface area (Å²) < 4.78 is 7.68. The largest absolute Gasteiger partial charge is 0.467 e. The summed E-state index contributed by atoms with van der Waals surface area (Å²) in [4.78, 5) is 9.29. The summed E-state index contributed by atoms with van der Waals surface area (Å²) >= 11 is 0. The van der Waals surface area contributed by atoms with Gasteiger partial charge in [0, 0.05) is 12.6 Å². The number of nitrogens with zero attached hydrogens (tertiary/aromatic N) is 3. The second-order valence-corrected chi connectivity index (χ2v) is 5.60. The van der Waals surface area contributed by atoms with E-state index in [0.29, 0.717) is 12.5 Å². The third-order valence-electron chi connectivity index (χ3n) is 4.11. The predicted octanol–water partition coefficient (Wildman–Crippen LogP) is 2.22. The quantitative estimate of drug-likeness (QED) is 0.797. The van der Waals surface area contributed by atoms with Crippen LogP contribution in [0.25, 0.3) is 11.2 Å². The summed E-state index contributed by atoms with van der Waals surface area (Å²) in [5.74, 6) is 2.71. The second-order valence-electron chi connectivity index (χ2n) is 5.60. The lowest BCUT2D eigenvalue weighted by atomic mass is 10.0. The molecular formula is C16H18N4O. The van der Waals surface area contributed by atoms with Gasteiger partial charge in [-0.3, -0.25) is 0 Å². The minimum atomic E-state index is 0.664. The van der Waals surface area contributed by atoms with Crippen molar-refractivity contribution in [2.24, 2.45) is 5.92 Å². The van der Waals surface area contributed by atoms with E-state index in [-0.39, 0.29) is 0 Å². The predicted molar refractivity (Wildman–Crippen MR) is 80.0 cm³/mol. The van der Waals surface area contributed by atoms with E-state index in [4.69, 9.17) is 9.40 Å². The highest BCUT2D eigenvalue weighted by Gasteiger charge is 2.20. The number of aromatic nitrogens is 3. The molecule has 108 valence electrons. The van der Waals surface area contributed by atoms with Gasteiger partial charge in [0.2, 0.25) is 0 Å². The van der Waals surface area contributed by atoms with Crippen LogP contribution in [0.4, 0.5) is 0 Å². The van der Waals surface area contributed by atoms with Gasteiger partial charge in [0.25, 0.3) is 0 Å². The molecule has 0 saturated carbocycles. The average Bonchev–Trinajstić information content (AvgIpc) is 3.23. The minimum absolute atomic E-state index is 0.664. The Balaban J connectivity index is 1.73. The van der Waals surface area contributed by atoms with E-state index in [1.165, 1.54) is 6.42 Å². The van der Waals surface area contributed by atoms with Gasteiger partial charge < -0.3 is 14.3 Å². The maximum absolute atomic E-state index is 5.49. The zero-order valence-electron chi connectivity index (χ0n) is 11.8. The molecule has 0 radical (unpaired) electrons. The molecule has 3 aromatic rings. The average molecular weight is 282 g/mol. The summed E-state index contributed by atoms with van der Waals surface area (Å²) in [6, 6.07) is 7.88. The van der Waals surface area contributed by atoms with Crippen LogP contribution in [0.15, 0.2) is 41.1 Å². The number of fused-ring (bicyclic) bond motifs is 1. The molecule has 4 rings (SSSR count). The van der Waals surface area contributed by atoms with Crippen LogP contribution in [0.2, 0.25) is 0 Å². The number of hydrogen-bond acceptors (Lipinski definition) is 4. The van der Waals surface area contributed by atoms with Crippen molar-refractivity contribution in [2.45, 2.75) is 19.4 Å². The van der Waals surface area contributed by atoms with Crippen LogP contribution in [0.3, 0.4) is 0 Å². The summed E-state index contributed by atoms with van der Waals surface area (Å²) in [7, 11) is 0. The van der Waals surface area contributed by atoms with E-state index in [0.717, 1.165) is 42.3 Å². The highest BCUT2D eigenvalue weighted by molar-refractivity contribution is 5.71. The van der Waals surface area contributed by atoms with Crippen molar-refractivity contribution in [3.8, 4) is 0 Å². The fourth-order valence-electron chi connectivity index (χ4n) is 3.03. The topological polar surface area (TPSA) is 55.9 Å². The van der Waals surface area contributed by atoms with E-state index >= 15 is 0 Å². The summed E-state index contributed by atoms with van der Waals surface area (Å²) in [5.41, 5.74) is 1.90. The zero-order chi connectivity index (χ0) is 14.1. The van der Waals surface area contributed by atoms with E-state index in [9.17, 15) is 0 Å². The molecule has 1 N–H and O–H groups in total. The first-order chi connectivity index (χ1) is 10.4. The summed E-state index contributed by atoms with van der Waals surface area (Å²) in [6.07, 6.45) is 5.74. The van der Waals surface area contributed by atoms with Crippen molar-refractivity contribution in [3.05, 3.63) is 48.3 Å². The molecule has 3 aromatic heterocycles. The maximum atomic E-state index is 5.49. The van der Waals surface area contributed by atoms with Gasteiger partial charge in [0.15, 0.2) is 5.65 Å². The van der Waals surface area contributed by atoms with Gasteiger partial charge in [-0.1, -0.05) is 0 Å². The molecule has 1 unspecified atom stereocenters. The van der Waals surface area contributed by atoms with Crippen LogP contribution < -0.4 is 5.32 Å². The highest BCUT2D eigenvalue weighted by atomic mass is 16.3. The molecule has 0 spiro atoms. The fourth-order valence-corrected chi connectivity index (χ4v) is 3.03. The van der Waals surface area contributed by atoms with Crippen molar-refractivity contribution in [1.29, 1.82) is 0 Å². The van der Waals surface area contributed by atoms with E-state index in [2.05, 4.69) is 14.9 Å². The van der Waals surface area contributed by atoms with Crippen LogP contribution >= 0.6 is 0 Å². The van der Waals surface area contributed by atoms with Crippen LogP contribution in [-0.2, 0) is 13.0 Å². The SMILES string of the molecule is c1coc(Cn2c(CC3CCNC3)nc3cccnc32)c1. The van der Waals surface area contributed by atoms with Crippen molar-refractivity contribution in [1.82, 2.24) is 19.9 Å². The Morgan fingerprint density at radius 3 is 3.14 bits per heavy atom. The van der Waals surface area contributed by atoms with Gasteiger partial charge >= 0.3 is 0 Å². The Labute approximate surface area is 123 Å². The van der Waals surface area contributed by atoms with Crippen molar-refractivity contribution < 1.29 is 4.42 Å². The Kier molecular flexibility index (Phi) is 3.20. The molecule has 0 bridgehead atoms. The number of nitrogens with one attached hydrogen (secondary N) is 1. The fraction of sp³-hybridized carbons (Fsp3) is 0.375. The zero-order valence-corrected chi connectivity index (χ0v) is 11.8.